The predicted molar refractivity (Wildman–Crippen MR) is 135 cm³/mol. The van der Waals surface area contributed by atoms with Gasteiger partial charge in [0.15, 0.2) is 8.32 Å². The van der Waals surface area contributed by atoms with Gasteiger partial charge in [0.2, 0.25) is 0 Å². The first-order valence-corrected chi connectivity index (χ1v) is 17.3. The third-order valence-electron chi connectivity index (χ3n) is 7.06. The topological polar surface area (TPSA) is 38.8 Å². The predicted octanol–water partition coefficient (Wildman–Crippen LogP) is 6.37. The van der Waals surface area contributed by atoms with E-state index in [2.05, 4.69) is 38.8 Å². The van der Waals surface area contributed by atoms with E-state index < -0.39 is 8.32 Å². The first kappa shape index (κ1) is 26.6. The number of carbonyl (C=O) groups excluding carboxylic acids is 1. The van der Waals surface area contributed by atoms with E-state index in [1.54, 1.807) is 0 Å². The lowest BCUT2D eigenvalue weighted by atomic mass is 9.94. The summed E-state index contributed by atoms with van der Waals surface area (Å²) in [4.78, 5) is 14.5. The number of unbranched alkanes of at least 4 members (excludes halogenated alkanes) is 1. The molecule has 0 unspecified atom stereocenters. The zero-order chi connectivity index (χ0) is 22.0. The summed E-state index contributed by atoms with van der Waals surface area (Å²) in [5.74, 6) is 2.00. The number of rotatable bonds is 12. The summed E-state index contributed by atoms with van der Waals surface area (Å²) >= 11 is 0. The first-order chi connectivity index (χ1) is 14.2. The lowest BCUT2D eigenvalue weighted by Crippen LogP contribution is -2.43. The second-order valence-corrected chi connectivity index (χ2v) is 18.1. The number of esters is 1. The van der Waals surface area contributed by atoms with Gasteiger partial charge in [-0.2, -0.15) is 0 Å². The van der Waals surface area contributed by atoms with Crippen molar-refractivity contribution < 1.29 is 14.0 Å². The molecule has 2 heterocycles. The van der Waals surface area contributed by atoms with Gasteiger partial charge in [-0.15, -0.1) is 0 Å². The Morgan fingerprint density at radius 2 is 1.80 bits per heavy atom. The largest absolute Gasteiger partial charge is 0.466 e. The number of nitrogens with zero attached hydrogens (tertiary/aromatic N) is 1. The summed E-state index contributed by atoms with van der Waals surface area (Å²) in [5, 5.41) is 1.10. The fourth-order valence-corrected chi connectivity index (χ4v) is 7.82. The van der Waals surface area contributed by atoms with Gasteiger partial charge < -0.3 is 14.1 Å². The molecule has 0 aromatic heterocycles. The summed E-state index contributed by atoms with van der Waals surface area (Å²) in [6.07, 6.45) is 8.78. The van der Waals surface area contributed by atoms with Crippen LogP contribution >= 0.6 is 21.6 Å². The normalized spacial score (nSPS) is 21.8. The highest BCUT2D eigenvalue weighted by Crippen LogP contribution is 2.40. The lowest BCUT2D eigenvalue weighted by Gasteiger charge is -2.37. The van der Waals surface area contributed by atoms with Gasteiger partial charge in [-0.1, -0.05) is 48.8 Å². The average Bonchev–Trinajstić information content (AvgIpc) is 3.19. The monoisotopic (exact) mass is 475 g/mol. The molecule has 2 aliphatic heterocycles. The Morgan fingerprint density at radius 1 is 1.07 bits per heavy atom. The molecule has 0 amide bonds. The van der Waals surface area contributed by atoms with Gasteiger partial charge in [0.05, 0.1) is 6.61 Å². The van der Waals surface area contributed by atoms with Gasteiger partial charge in [-0.05, 0) is 75.7 Å². The molecule has 0 spiro atoms. The van der Waals surface area contributed by atoms with Crippen molar-refractivity contribution in [2.24, 2.45) is 5.92 Å². The minimum atomic E-state index is -1.63. The van der Waals surface area contributed by atoms with Crippen molar-refractivity contribution >= 4 is 35.9 Å². The molecule has 176 valence electrons. The molecule has 2 fully saturated rings. The highest BCUT2D eigenvalue weighted by Gasteiger charge is 2.37. The molecule has 0 radical (unpaired) electrons. The van der Waals surface area contributed by atoms with Crippen LogP contribution in [0.3, 0.4) is 0 Å². The Kier molecular flexibility index (Phi) is 11.6. The molecule has 0 N–H and O–H groups in total. The van der Waals surface area contributed by atoms with Crippen molar-refractivity contribution in [3.05, 3.63) is 0 Å². The van der Waals surface area contributed by atoms with Gasteiger partial charge in [0.1, 0.15) is 0 Å². The maximum absolute atomic E-state index is 12.0. The summed E-state index contributed by atoms with van der Waals surface area (Å²) in [6, 6.07) is 0. The van der Waals surface area contributed by atoms with Crippen LogP contribution in [0.1, 0.15) is 72.1 Å². The molecule has 7 heteroatoms. The fourth-order valence-electron chi connectivity index (χ4n) is 3.76. The van der Waals surface area contributed by atoms with Crippen LogP contribution in [0.4, 0.5) is 0 Å². The van der Waals surface area contributed by atoms with E-state index in [1.165, 1.54) is 31.4 Å². The Morgan fingerprint density at radius 3 is 2.43 bits per heavy atom. The van der Waals surface area contributed by atoms with Crippen molar-refractivity contribution in [2.75, 3.05) is 38.6 Å². The van der Waals surface area contributed by atoms with Crippen LogP contribution in [-0.2, 0) is 14.0 Å². The number of hydrogen-bond donors (Lipinski definition) is 0. The van der Waals surface area contributed by atoms with E-state index in [1.807, 2.05) is 21.6 Å². The van der Waals surface area contributed by atoms with Crippen LogP contribution in [0.15, 0.2) is 0 Å². The maximum Gasteiger partial charge on any atom is 0.305 e. The van der Waals surface area contributed by atoms with E-state index in [9.17, 15) is 4.79 Å². The van der Waals surface area contributed by atoms with Crippen LogP contribution in [0.2, 0.25) is 18.1 Å². The van der Waals surface area contributed by atoms with Gasteiger partial charge >= 0.3 is 5.97 Å². The fraction of sp³-hybridized carbons (Fsp3) is 0.957. The lowest BCUT2D eigenvalue weighted by molar-refractivity contribution is -0.144. The van der Waals surface area contributed by atoms with Crippen molar-refractivity contribution in [3.63, 3.8) is 0 Å². The highest BCUT2D eigenvalue weighted by molar-refractivity contribution is 8.77. The molecule has 0 saturated carbocycles. The van der Waals surface area contributed by atoms with Gasteiger partial charge in [0.25, 0.3) is 0 Å². The smallest absolute Gasteiger partial charge is 0.305 e. The summed E-state index contributed by atoms with van der Waals surface area (Å²) in [6.45, 7) is 16.4. The first-order valence-electron chi connectivity index (χ1n) is 12.0. The van der Waals surface area contributed by atoms with Crippen molar-refractivity contribution in [3.8, 4) is 0 Å². The number of hydrogen-bond acceptors (Lipinski definition) is 6. The number of carbonyl (C=O) groups is 1. The van der Waals surface area contributed by atoms with Crippen LogP contribution in [0.25, 0.3) is 0 Å². The SMILES string of the molecule is CC(C)(C)[Si](C)(C)OCCN1CCC(CCOC(=O)CCCC[C@@H]2CCSS2)CC1. The average molecular weight is 476 g/mol. The second kappa shape index (κ2) is 13.1. The van der Waals surface area contributed by atoms with Gasteiger partial charge in [0, 0.05) is 30.6 Å². The van der Waals surface area contributed by atoms with Crippen LogP contribution < -0.4 is 0 Å². The third kappa shape index (κ3) is 9.84. The molecule has 0 bridgehead atoms. The van der Waals surface area contributed by atoms with Gasteiger partial charge in [-0.3, -0.25) is 4.79 Å². The number of likely N-dealkylation sites (tertiary alicyclic amines) is 1. The van der Waals surface area contributed by atoms with Crippen LogP contribution in [0.5, 0.6) is 0 Å². The molecule has 4 nitrogen and oxygen atoms in total. The molecule has 2 aliphatic rings. The number of piperidine rings is 1. The number of ether oxygens (including phenoxy) is 1. The standard InChI is InChI=1S/C23H45NO3S2Si/c1-23(2,3)30(4,5)27-18-16-24-14-10-20(11-15-24)12-17-26-22(25)9-7-6-8-21-13-19-28-29-21/h20-21H,6-19H2,1-5H3/t21-/m1/s1. The summed E-state index contributed by atoms with van der Waals surface area (Å²) in [7, 11) is 2.39. The second-order valence-electron chi connectivity index (χ2n) is 10.5. The van der Waals surface area contributed by atoms with Crippen LogP contribution in [-0.4, -0.2) is 63.0 Å². The van der Waals surface area contributed by atoms with E-state index in [4.69, 9.17) is 9.16 Å². The van der Waals surface area contributed by atoms with Crippen molar-refractivity contribution in [1.29, 1.82) is 0 Å². The third-order valence-corrected chi connectivity index (χ3v) is 14.6. The molecule has 2 saturated heterocycles. The van der Waals surface area contributed by atoms with E-state index in [-0.39, 0.29) is 11.0 Å². The highest BCUT2D eigenvalue weighted by atomic mass is 33.1. The zero-order valence-corrected chi connectivity index (χ0v) is 22.7. The Hall–Kier alpha value is 0.307. The molecule has 2 rings (SSSR count). The van der Waals surface area contributed by atoms with E-state index in [0.717, 1.165) is 50.8 Å². The summed E-state index contributed by atoms with van der Waals surface area (Å²) in [5.41, 5.74) is 0. The quantitative estimate of drug-likeness (QED) is 0.141. The maximum atomic E-state index is 12.0. The molecular formula is C23H45NO3S2Si. The zero-order valence-electron chi connectivity index (χ0n) is 20.0. The molecule has 0 aromatic rings. The Bertz CT molecular complexity index is 499. The molecule has 30 heavy (non-hydrogen) atoms. The van der Waals surface area contributed by atoms with E-state index in [0.29, 0.717) is 18.9 Å². The summed E-state index contributed by atoms with van der Waals surface area (Å²) < 4.78 is 11.8. The van der Waals surface area contributed by atoms with Crippen LogP contribution in [0, 0.1) is 5.92 Å². The van der Waals surface area contributed by atoms with Crippen molar-refractivity contribution in [1.82, 2.24) is 4.90 Å². The molecule has 1 atom stereocenters. The Labute approximate surface area is 194 Å². The van der Waals surface area contributed by atoms with E-state index >= 15 is 0 Å². The molecule has 0 aliphatic carbocycles. The molecule has 0 aromatic carbocycles. The Balaban J connectivity index is 1.46. The minimum absolute atomic E-state index is 0.00339. The van der Waals surface area contributed by atoms with Crippen molar-refractivity contribution in [2.45, 2.75) is 95.5 Å². The minimum Gasteiger partial charge on any atom is -0.466 e. The molecular weight excluding hydrogens is 430 g/mol. The van der Waals surface area contributed by atoms with Gasteiger partial charge in [-0.25, -0.2) is 0 Å².